The Bertz CT molecular complexity index is 707. The summed E-state index contributed by atoms with van der Waals surface area (Å²) >= 11 is 0. The zero-order chi connectivity index (χ0) is 18.2. The van der Waals surface area contributed by atoms with Crippen molar-refractivity contribution in [1.82, 2.24) is 0 Å². The summed E-state index contributed by atoms with van der Waals surface area (Å²) in [5.74, 6) is 0.964. The van der Waals surface area contributed by atoms with Gasteiger partial charge in [-0.1, -0.05) is 20.8 Å². The molecule has 2 aromatic carbocycles. The van der Waals surface area contributed by atoms with Crippen molar-refractivity contribution in [3.8, 4) is 5.75 Å². The van der Waals surface area contributed by atoms with E-state index in [2.05, 4.69) is 24.5 Å². The van der Waals surface area contributed by atoms with E-state index in [4.69, 9.17) is 4.74 Å². The maximum absolute atomic E-state index is 12.3. The van der Waals surface area contributed by atoms with Crippen molar-refractivity contribution in [2.75, 3.05) is 17.2 Å². The predicted molar refractivity (Wildman–Crippen MR) is 100 cm³/mol. The van der Waals surface area contributed by atoms with Crippen LogP contribution in [-0.2, 0) is 4.79 Å². The molecule has 0 spiro atoms. The van der Waals surface area contributed by atoms with E-state index in [0.717, 1.165) is 5.75 Å². The van der Waals surface area contributed by atoms with Crippen molar-refractivity contribution in [1.29, 1.82) is 0 Å². The second-order valence-electron chi connectivity index (χ2n) is 6.16. The van der Waals surface area contributed by atoms with Gasteiger partial charge in [-0.2, -0.15) is 0 Å². The van der Waals surface area contributed by atoms with Crippen LogP contribution < -0.4 is 15.4 Å². The Hall–Kier alpha value is -2.82. The molecule has 0 aliphatic heterocycles. The van der Waals surface area contributed by atoms with Crippen LogP contribution in [0, 0.1) is 5.92 Å². The van der Waals surface area contributed by atoms with Crippen LogP contribution in [-0.4, -0.2) is 18.4 Å². The smallest absolute Gasteiger partial charge is 0.255 e. The monoisotopic (exact) mass is 340 g/mol. The molecular weight excluding hydrogens is 316 g/mol. The average molecular weight is 340 g/mol. The molecule has 0 atom stereocenters. The summed E-state index contributed by atoms with van der Waals surface area (Å²) in [6, 6.07) is 14.1. The largest absolute Gasteiger partial charge is 0.493 e. The van der Waals surface area contributed by atoms with Gasteiger partial charge < -0.3 is 15.4 Å². The van der Waals surface area contributed by atoms with Crippen LogP contribution in [0.15, 0.2) is 48.5 Å². The molecule has 0 radical (unpaired) electrons. The number of amides is 2. The summed E-state index contributed by atoms with van der Waals surface area (Å²) in [4.78, 5) is 23.6. The molecule has 0 heterocycles. The first-order chi connectivity index (χ1) is 12.0. The Labute approximate surface area is 148 Å². The minimum atomic E-state index is -0.194. The molecular formula is C20H24N2O3. The van der Waals surface area contributed by atoms with Crippen LogP contribution in [0.2, 0.25) is 0 Å². The molecule has 0 bridgehead atoms. The number of hydrogen-bond donors (Lipinski definition) is 2. The van der Waals surface area contributed by atoms with Gasteiger partial charge in [0, 0.05) is 23.4 Å². The van der Waals surface area contributed by atoms with Gasteiger partial charge in [0.05, 0.1) is 6.61 Å². The Morgan fingerprint density at radius 3 is 2.00 bits per heavy atom. The molecule has 132 valence electrons. The molecule has 2 amide bonds. The quantitative estimate of drug-likeness (QED) is 0.788. The molecule has 0 fully saturated rings. The maximum Gasteiger partial charge on any atom is 0.255 e. The van der Waals surface area contributed by atoms with Gasteiger partial charge >= 0.3 is 0 Å². The highest BCUT2D eigenvalue weighted by molar-refractivity contribution is 6.04. The molecule has 0 aliphatic rings. The molecule has 2 rings (SSSR count). The van der Waals surface area contributed by atoms with E-state index in [-0.39, 0.29) is 11.8 Å². The SMILES string of the molecule is CCC(=O)Nc1ccc(NC(=O)c2ccc(OCC(C)C)cc2)cc1. The van der Waals surface area contributed by atoms with Gasteiger partial charge in [0.2, 0.25) is 5.91 Å². The fourth-order valence-corrected chi connectivity index (χ4v) is 2.05. The van der Waals surface area contributed by atoms with E-state index in [9.17, 15) is 9.59 Å². The Balaban J connectivity index is 1.93. The van der Waals surface area contributed by atoms with Crippen LogP contribution >= 0.6 is 0 Å². The summed E-state index contributed by atoms with van der Waals surface area (Å²) in [7, 11) is 0. The van der Waals surface area contributed by atoms with Crippen molar-refractivity contribution < 1.29 is 14.3 Å². The first-order valence-corrected chi connectivity index (χ1v) is 8.42. The second-order valence-corrected chi connectivity index (χ2v) is 6.16. The highest BCUT2D eigenvalue weighted by atomic mass is 16.5. The molecule has 25 heavy (non-hydrogen) atoms. The third-order valence-electron chi connectivity index (χ3n) is 3.45. The molecule has 0 saturated heterocycles. The summed E-state index contributed by atoms with van der Waals surface area (Å²) in [5, 5.41) is 5.59. The van der Waals surface area contributed by atoms with E-state index in [1.54, 1.807) is 55.5 Å². The van der Waals surface area contributed by atoms with Gasteiger partial charge in [0.1, 0.15) is 5.75 Å². The molecule has 0 saturated carbocycles. The van der Waals surface area contributed by atoms with E-state index >= 15 is 0 Å². The molecule has 0 unspecified atom stereocenters. The number of anilines is 2. The van der Waals surface area contributed by atoms with Gasteiger partial charge in [0.15, 0.2) is 0 Å². The summed E-state index contributed by atoms with van der Waals surface area (Å²) < 4.78 is 5.61. The number of ether oxygens (including phenoxy) is 1. The van der Waals surface area contributed by atoms with Gasteiger partial charge in [0.25, 0.3) is 5.91 Å². The van der Waals surface area contributed by atoms with Crippen molar-refractivity contribution in [3.05, 3.63) is 54.1 Å². The Morgan fingerprint density at radius 1 is 0.920 bits per heavy atom. The van der Waals surface area contributed by atoms with Crippen molar-refractivity contribution >= 4 is 23.2 Å². The highest BCUT2D eigenvalue weighted by Crippen LogP contribution is 2.17. The van der Waals surface area contributed by atoms with Crippen LogP contribution in [0.1, 0.15) is 37.6 Å². The number of nitrogens with one attached hydrogen (secondary N) is 2. The lowest BCUT2D eigenvalue weighted by atomic mass is 10.2. The minimum absolute atomic E-state index is 0.0449. The molecule has 5 nitrogen and oxygen atoms in total. The lowest BCUT2D eigenvalue weighted by Gasteiger charge is -2.10. The zero-order valence-corrected chi connectivity index (χ0v) is 14.8. The van der Waals surface area contributed by atoms with Crippen LogP contribution in [0.4, 0.5) is 11.4 Å². The van der Waals surface area contributed by atoms with Gasteiger partial charge in [-0.15, -0.1) is 0 Å². The number of carbonyl (C=O) groups is 2. The first-order valence-electron chi connectivity index (χ1n) is 8.42. The number of benzene rings is 2. The van der Waals surface area contributed by atoms with Gasteiger partial charge in [-0.3, -0.25) is 9.59 Å². The standard InChI is InChI=1S/C20H24N2O3/c1-4-19(23)21-16-7-9-17(10-8-16)22-20(24)15-5-11-18(12-6-15)25-13-14(2)3/h5-12,14H,4,13H2,1-3H3,(H,21,23)(H,22,24). The van der Waals surface area contributed by atoms with E-state index < -0.39 is 0 Å². The van der Waals surface area contributed by atoms with Crippen LogP contribution in [0.3, 0.4) is 0 Å². The van der Waals surface area contributed by atoms with E-state index in [0.29, 0.717) is 35.9 Å². The van der Waals surface area contributed by atoms with Crippen molar-refractivity contribution in [2.24, 2.45) is 5.92 Å². The molecule has 0 aromatic heterocycles. The van der Waals surface area contributed by atoms with E-state index in [1.807, 2.05) is 0 Å². The maximum atomic E-state index is 12.3. The molecule has 2 N–H and O–H groups in total. The average Bonchev–Trinajstić information content (AvgIpc) is 2.61. The second kappa shape index (κ2) is 8.87. The van der Waals surface area contributed by atoms with E-state index in [1.165, 1.54) is 0 Å². The molecule has 2 aromatic rings. The van der Waals surface area contributed by atoms with Crippen LogP contribution in [0.25, 0.3) is 0 Å². The van der Waals surface area contributed by atoms with Gasteiger partial charge in [-0.05, 0) is 54.4 Å². The normalized spacial score (nSPS) is 10.4. The third kappa shape index (κ3) is 5.95. The lowest BCUT2D eigenvalue weighted by Crippen LogP contribution is -2.12. The van der Waals surface area contributed by atoms with Crippen molar-refractivity contribution in [3.63, 3.8) is 0 Å². The van der Waals surface area contributed by atoms with Gasteiger partial charge in [-0.25, -0.2) is 0 Å². The lowest BCUT2D eigenvalue weighted by molar-refractivity contribution is -0.115. The minimum Gasteiger partial charge on any atom is -0.493 e. The van der Waals surface area contributed by atoms with Crippen LogP contribution in [0.5, 0.6) is 5.75 Å². The molecule has 5 heteroatoms. The first kappa shape index (κ1) is 18.5. The Morgan fingerprint density at radius 2 is 1.48 bits per heavy atom. The zero-order valence-electron chi connectivity index (χ0n) is 14.8. The Kier molecular flexibility index (Phi) is 6.57. The summed E-state index contributed by atoms with van der Waals surface area (Å²) in [5.41, 5.74) is 1.93. The number of rotatable bonds is 7. The summed E-state index contributed by atoms with van der Waals surface area (Å²) in [6.45, 7) is 6.61. The fraction of sp³-hybridized carbons (Fsp3) is 0.300. The van der Waals surface area contributed by atoms with Crippen molar-refractivity contribution in [2.45, 2.75) is 27.2 Å². The summed E-state index contributed by atoms with van der Waals surface area (Å²) in [6.07, 6.45) is 0.426. The third-order valence-corrected chi connectivity index (χ3v) is 3.45. The topological polar surface area (TPSA) is 67.4 Å². The number of hydrogen-bond acceptors (Lipinski definition) is 3. The fourth-order valence-electron chi connectivity index (χ4n) is 2.05. The predicted octanol–water partition coefficient (Wildman–Crippen LogP) is 4.32. The number of carbonyl (C=O) groups excluding carboxylic acids is 2. The molecule has 0 aliphatic carbocycles. The highest BCUT2D eigenvalue weighted by Gasteiger charge is 2.07.